The van der Waals surface area contributed by atoms with E-state index in [4.69, 9.17) is 0 Å². The van der Waals surface area contributed by atoms with E-state index in [1.807, 2.05) is 65.6 Å². The molecule has 1 amide bonds. The van der Waals surface area contributed by atoms with Gasteiger partial charge in [-0.3, -0.25) is 9.78 Å². The van der Waals surface area contributed by atoms with Gasteiger partial charge in [-0.2, -0.15) is 0 Å². The molecule has 1 aliphatic heterocycles. The minimum Gasteiger partial charge on any atom is -0.353 e. The number of pyridine rings is 2. The molecule has 0 spiro atoms. The summed E-state index contributed by atoms with van der Waals surface area (Å²) in [5.41, 5.74) is 2.56. The van der Waals surface area contributed by atoms with E-state index in [-0.39, 0.29) is 5.91 Å². The topological polar surface area (TPSA) is 49.3 Å². The lowest BCUT2D eigenvalue weighted by atomic mass is 10.1. The third kappa shape index (κ3) is 3.42. The fourth-order valence-corrected chi connectivity index (χ4v) is 3.16. The summed E-state index contributed by atoms with van der Waals surface area (Å²) in [7, 11) is 0. The smallest absolute Gasteiger partial charge is 0.255 e. The maximum absolute atomic E-state index is 12.7. The number of carbonyl (C=O) groups is 1. The zero-order valence-corrected chi connectivity index (χ0v) is 14.5. The summed E-state index contributed by atoms with van der Waals surface area (Å²) < 4.78 is 0. The third-order valence-electron chi connectivity index (χ3n) is 4.62. The monoisotopic (exact) mass is 344 g/mol. The number of rotatable bonds is 3. The van der Waals surface area contributed by atoms with Crippen LogP contribution in [0.4, 0.5) is 5.82 Å². The maximum Gasteiger partial charge on any atom is 0.255 e. The van der Waals surface area contributed by atoms with Crippen LogP contribution in [0.15, 0.2) is 73.1 Å². The van der Waals surface area contributed by atoms with E-state index < -0.39 is 0 Å². The predicted molar refractivity (Wildman–Crippen MR) is 102 cm³/mol. The van der Waals surface area contributed by atoms with Crippen molar-refractivity contribution in [2.24, 2.45) is 0 Å². The first-order valence-corrected chi connectivity index (χ1v) is 8.78. The van der Waals surface area contributed by atoms with Crippen LogP contribution in [0.1, 0.15) is 10.4 Å². The normalized spacial score (nSPS) is 14.3. The summed E-state index contributed by atoms with van der Waals surface area (Å²) in [6.45, 7) is 2.96. The van der Waals surface area contributed by atoms with Crippen molar-refractivity contribution in [2.75, 3.05) is 31.1 Å². The second-order valence-electron chi connectivity index (χ2n) is 6.27. The van der Waals surface area contributed by atoms with Gasteiger partial charge in [-0.1, -0.05) is 36.4 Å². The number of piperazine rings is 1. The minimum absolute atomic E-state index is 0.0396. The van der Waals surface area contributed by atoms with Crippen molar-refractivity contribution < 1.29 is 4.79 Å². The Balaban J connectivity index is 1.41. The Morgan fingerprint density at radius 3 is 2.23 bits per heavy atom. The zero-order chi connectivity index (χ0) is 17.8. The Morgan fingerprint density at radius 1 is 0.808 bits per heavy atom. The molecule has 1 saturated heterocycles. The number of benzene rings is 1. The van der Waals surface area contributed by atoms with Crippen molar-refractivity contribution in [3.8, 4) is 11.3 Å². The molecule has 26 heavy (non-hydrogen) atoms. The Morgan fingerprint density at radius 2 is 1.58 bits per heavy atom. The van der Waals surface area contributed by atoms with Crippen LogP contribution in [0.25, 0.3) is 11.3 Å². The number of hydrogen-bond donors (Lipinski definition) is 0. The van der Waals surface area contributed by atoms with E-state index in [0.717, 1.165) is 30.2 Å². The fourth-order valence-electron chi connectivity index (χ4n) is 3.16. The maximum atomic E-state index is 12.7. The van der Waals surface area contributed by atoms with E-state index in [9.17, 15) is 4.79 Å². The molecule has 0 N–H and O–H groups in total. The number of anilines is 1. The van der Waals surface area contributed by atoms with Crippen LogP contribution in [-0.4, -0.2) is 47.0 Å². The summed E-state index contributed by atoms with van der Waals surface area (Å²) in [5, 5.41) is 0. The molecule has 3 heterocycles. The summed E-state index contributed by atoms with van der Waals surface area (Å²) in [5.74, 6) is 1.01. The Kier molecular flexibility index (Phi) is 4.60. The summed E-state index contributed by atoms with van der Waals surface area (Å²) in [6.07, 6.45) is 3.47. The molecule has 0 radical (unpaired) electrons. The van der Waals surface area contributed by atoms with Crippen LogP contribution < -0.4 is 4.90 Å². The van der Waals surface area contributed by atoms with Crippen molar-refractivity contribution in [1.29, 1.82) is 0 Å². The summed E-state index contributed by atoms with van der Waals surface area (Å²) in [6, 6.07) is 19.6. The van der Waals surface area contributed by atoms with Crippen molar-refractivity contribution in [3.63, 3.8) is 0 Å². The highest BCUT2D eigenvalue weighted by atomic mass is 16.2. The van der Waals surface area contributed by atoms with Gasteiger partial charge in [0.15, 0.2) is 0 Å². The highest BCUT2D eigenvalue weighted by molar-refractivity contribution is 5.94. The predicted octanol–water partition coefficient (Wildman–Crippen LogP) is 3.11. The van der Waals surface area contributed by atoms with Crippen molar-refractivity contribution in [3.05, 3.63) is 78.6 Å². The Hall–Kier alpha value is -3.21. The molecule has 0 bridgehead atoms. The lowest BCUT2D eigenvalue weighted by Gasteiger charge is -2.35. The van der Waals surface area contributed by atoms with Gasteiger partial charge in [-0.25, -0.2) is 4.98 Å². The van der Waals surface area contributed by atoms with Gasteiger partial charge in [0, 0.05) is 44.1 Å². The molecule has 1 fully saturated rings. The van der Waals surface area contributed by atoms with E-state index in [2.05, 4.69) is 14.9 Å². The van der Waals surface area contributed by atoms with Gasteiger partial charge in [-0.15, -0.1) is 0 Å². The molecule has 4 rings (SSSR count). The lowest BCUT2D eigenvalue weighted by Crippen LogP contribution is -2.49. The number of hydrogen-bond acceptors (Lipinski definition) is 4. The molecular weight excluding hydrogens is 324 g/mol. The second-order valence-corrected chi connectivity index (χ2v) is 6.27. The van der Waals surface area contributed by atoms with Crippen LogP contribution >= 0.6 is 0 Å². The van der Waals surface area contributed by atoms with Crippen molar-refractivity contribution in [2.45, 2.75) is 0 Å². The first-order valence-electron chi connectivity index (χ1n) is 8.78. The average molecular weight is 344 g/mol. The third-order valence-corrected chi connectivity index (χ3v) is 4.62. The van der Waals surface area contributed by atoms with Crippen LogP contribution in [0.2, 0.25) is 0 Å². The van der Waals surface area contributed by atoms with E-state index in [1.54, 1.807) is 12.4 Å². The van der Waals surface area contributed by atoms with Crippen LogP contribution in [-0.2, 0) is 0 Å². The molecule has 5 heteroatoms. The van der Waals surface area contributed by atoms with Crippen LogP contribution in [0.5, 0.6) is 0 Å². The fraction of sp³-hybridized carbons (Fsp3) is 0.190. The largest absolute Gasteiger partial charge is 0.353 e. The van der Waals surface area contributed by atoms with E-state index in [0.29, 0.717) is 18.7 Å². The highest BCUT2D eigenvalue weighted by Gasteiger charge is 2.23. The first kappa shape index (κ1) is 16.3. The van der Waals surface area contributed by atoms with Gasteiger partial charge in [0.1, 0.15) is 5.82 Å². The summed E-state index contributed by atoms with van der Waals surface area (Å²) >= 11 is 0. The highest BCUT2D eigenvalue weighted by Crippen LogP contribution is 2.18. The van der Waals surface area contributed by atoms with Crippen molar-refractivity contribution >= 4 is 11.7 Å². The molecule has 0 atom stereocenters. The number of nitrogens with zero attached hydrogens (tertiary/aromatic N) is 4. The molecule has 1 aliphatic rings. The van der Waals surface area contributed by atoms with Gasteiger partial charge in [0.05, 0.1) is 11.3 Å². The quantitative estimate of drug-likeness (QED) is 0.732. The molecule has 3 aromatic rings. The van der Waals surface area contributed by atoms with Crippen molar-refractivity contribution in [1.82, 2.24) is 14.9 Å². The van der Waals surface area contributed by atoms with Crippen LogP contribution in [0.3, 0.4) is 0 Å². The second kappa shape index (κ2) is 7.35. The Labute approximate surface area is 152 Å². The van der Waals surface area contributed by atoms with E-state index in [1.165, 1.54) is 0 Å². The standard InChI is InChI=1S/C21H20N4O/c26-21(18-9-10-19(23-16-18)17-6-2-1-3-7-17)25-14-12-24(13-15-25)20-8-4-5-11-22-20/h1-11,16H,12-15H2. The number of amides is 1. The molecule has 0 saturated carbocycles. The zero-order valence-electron chi connectivity index (χ0n) is 14.5. The molecular formula is C21H20N4O. The molecule has 2 aromatic heterocycles. The molecule has 0 unspecified atom stereocenters. The molecule has 5 nitrogen and oxygen atoms in total. The average Bonchev–Trinajstić information content (AvgIpc) is 2.75. The van der Waals surface area contributed by atoms with Gasteiger partial charge in [0.25, 0.3) is 5.91 Å². The van der Waals surface area contributed by atoms with Gasteiger partial charge < -0.3 is 9.80 Å². The Bertz CT molecular complexity index is 858. The SMILES string of the molecule is O=C(c1ccc(-c2ccccc2)nc1)N1CCN(c2ccccn2)CC1. The molecule has 1 aromatic carbocycles. The minimum atomic E-state index is 0.0396. The molecule has 130 valence electrons. The van der Waals surface area contributed by atoms with Crippen LogP contribution in [0, 0.1) is 0 Å². The van der Waals surface area contributed by atoms with Gasteiger partial charge >= 0.3 is 0 Å². The number of aromatic nitrogens is 2. The summed E-state index contributed by atoms with van der Waals surface area (Å²) in [4.78, 5) is 25.7. The van der Waals surface area contributed by atoms with Gasteiger partial charge in [-0.05, 0) is 24.3 Å². The van der Waals surface area contributed by atoms with Gasteiger partial charge in [0.2, 0.25) is 0 Å². The van der Waals surface area contributed by atoms with E-state index >= 15 is 0 Å². The molecule has 0 aliphatic carbocycles. The number of carbonyl (C=O) groups excluding carboxylic acids is 1. The first-order chi connectivity index (χ1) is 12.8. The lowest BCUT2D eigenvalue weighted by molar-refractivity contribution is 0.0746.